The van der Waals surface area contributed by atoms with Crippen LogP contribution in [0.2, 0.25) is 0 Å². The van der Waals surface area contributed by atoms with E-state index in [1.165, 1.54) is 4.31 Å². The van der Waals surface area contributed by atoms with Gasteiger partial charge in [-0.1, -0.05) is 25.1 Å². The summed E-state index contributed by atoms with van der Waals surface area (Å²) in [5, 5.41) is 0. The fraction of sp³-hybridized carbons (Fsp3) is 0.667. The zero-order chi connectivity index (χ0) is 20.7. The molecule has 3 rings (SSSR count). The maximum atomic E-state index is 13.0. The van der Waals surface area contributed by atoms with Crippen LogP contribution in [0.15, 0.2) is 30.3 Å². The number of benzene rings is 1. The number of piperidine rings is 1. The fourth-order valence-corrected chi connectivity index (χ4v) is 5.63. The maximum Gasteiger partial charge on any atom is 0.227 e. The molecule has 162 valence electrons. The predicted molar refractivity (Wildman–Crippen MR) is 113 cm³/mol. The van der Waals surface area contributed by atoms with Crippen LogP contribution in [0.5, 0.6) is 5.75 Å². The summed E-state index contributed by atoms with van der Waals surface area (Å²) in [6.45, 7) is 7.27. The van der Waals surface area contributed by atoms with Crippen molar-refractivity contribution in [1.29, 1.82) is 0 Å². The minimum absolute atomic E-state index is 0.113. The molecular formula is C21H33N3O4S. The van der Waals surface area contributed by atoms with Crippen LogP contribution in [-0.2, 0) is 14.8 Å². The van der Waals surface area contributed by atoms with Crippen molar-refractivity contribution in [3.8, 4) is 5.75 Å². The third kappa shape index (κ3) is 6.17. The lowest BCUT2D eigenvalue weighted by atomic mass is 9.98. The van der Waals surface area contributed by atoms with E-state index in [0.717, 1.165) is 38.2 Å². The van der Waals surface area contributed by atoms with Crippen molar-refractivity contribution in [2.45, 2.75) is 26.2 Å². The number of hydrogen-bond acceptors (Lipinski definition) is 5. The molecule has 2 heterocycles. The third-order valence-corrected chi connectivity index (χ3v) is 7.73. The van der Waals surface area contributed by atoms with Gasteiger partial charge >= 0.3 is 0 Å². The summed E-state index contributed by atoms with van der Waals surface area (Å²) >= 11 is 0. The number of hydrogen-bond donors (Lipinski definition) is 0. The Hall–Kier alpha value is -1.64. The molecule has 1 unspecified atom stereocenters. The summed E-state index contributed by atoms with van der Waals surface area (Å²) in [5.74, 6) is 0.948. The van der Waals surface area contributed by atoms with Crippen LogP contribution in [-0.4, -0.2) is 86.6 Å². The van der Waals surface area contributed by atoms with Gasteiger partial charge in [0, 0.05) is 45.8 Å². The number of sulfonamides is 1. The van der Waals surface area contributed by atoms with Gasteiger partial charge in [-0.15, -0.1) is 0 Å². The number of ether oxygens (including phenoxy) is 1. The summed E-state index contributed by atoms with van der Waals surface area (Å²) in [7, 11) is -3.23. The van der Waals surface area contributed by atoms with Gasteiger partial charge in [-0.2, -0.15) is 0 Å². The van der Waals surface area contributed by atoms with Crippen LogP contribution < -0.4 is 4.74 Å². The van der Waals surface area contributed by atoms with Gasteiger partial charge in [-0.25, -0.2) is 12.7 Å². The van der Waals surface area contributed by atoms with E-state index in [-0.39, 0.29) is 17.6 Å². The first-order valence-corrected chi connectivity index (χ1v) is 12.3. The summed E-state index contributed by atoms with van der Waals surface area (Å²) in [6, 6.07) is 9.78. The molecule has 0 bridgehead atoms. The monoisotopic (exact) mass is 423 g/mol. The molecule has 2 saturated heterocycles. The van der Waals surface area contributed by atoms with Crippen molar-refractivity contribution in [2.75, 3.05) is 58.2 Å². The zero-order valence-corrected chi connectivity index (χ0v) is 18.1. The van der Waals surface area contributed by atoms with Crippen LogP contribution in [0.1, 0.15) is 26.2 Å². The highest BCUT2D eigenvalue weighted by atomic mass is 32.2. The van der Waals surface area contributed by atoms with E-state index in [4.69, 9.17) is 4.74 Å². The van der Waals surface area contributed by atoms with Crippen molar-refractivity contribution in [2.24, 2.45) is 5.92 Å². The molecule has 1 amide bonds. The Balaban J connectivity index is 1.42. The lowest BCUT2D eigenvalue weighted by Crippen LogP contribution is -2.53. The molecule has 29 heavy (non-hydrogen) atoms. The van der Waals surface area contributed by atoms with E-state index in [1.807, 2.05) is 42.2 Å². The molecule has 0 radical (unpaired) electrons. The molecular weight excluding hydrogens is 390 g/mol. The van der Waals surface area contributed by atoms with Gasteiger partial charge < -0.3 is 9.64 Å². The first kappa shape index (κ1) is 22.1. The van der Waals surface area contributed by atoms with E-state index in [0.29, 0.717) is 39.2 Å². The van der Waals surface area contributed by atoms with Crippen molar-refractivity contribution >= 4 is 15.9 Å². The van der Waals surface area contributed by atoms with Gasteiger partial charge in [0.1, 0.15) is 12.4 Å². The molecule has 1 atom stereocenters. The summed E-state index contributed by atoms with van der Waals surface area (Å²) in [4.78, 5) is 17.2. The van der Waals surface area contributed by atoms with Crippen molar-refractivity contribution < 1.29 is 17.9 Å². The molecule has 2 fully saturated rings. The third-order valence-electron chi connectivity index (χ3n) is 5.69. The molecule has 2 aliphatic heterocycles. The van der Waals surface area contributed by atoms with Gasteiger partial charge in [-0.05, 0) is 31.4 Å². The number of nitrogens with zero attached hydrogens (tertiary/aromatic N) is 3. The van der Waals surface area contributed by atoms with Crippen molar-refractivity contribution in [1.82, 2.24) is 14.1 Å². The highest BCUT2D eigenvalue weighted by Gasteiger charge is 2.34. The van der Waals surface area contributed by atoms with Gasteiger partial charge in [0.2, 0.25) is 15.9 Å². The molecule has 1 aromatic rings. The summed E-state index contributed by atoms with van der Waals surface area (Å²) in [5.41, 5.74) is 0. The largest absolute Gasteiger partial charge is 0.492 e. The Kier molecular flexibility index (Phi) is 7.91. The molecule has 0 spiro atoms. The average Bonchev–Trinajstić information content (AvgIpc) is 2.75. The molecule has 0 aromatic heterocycles. The topological polar surface area (TPSA) is 70.2 Å². The Bertz CT molecular complexity index is 748. The highest BCUT2D eigenvalue weighted by molar-refractivity contribution is 7.89. The molecule has 0 aliphatic carbocycles. The van der Waals surface area contributed by atoms with E-state index in [1.54, 1.807) is 0 Å². The predicted octanol–water partition coefficient (Wildman–Crippen LogP) is 1.66. The molecule has 8 heteroatoms. The smallest absolute Gasteiger partial charge is 0.227 e. The molecule has 2 aliphatic rings. The maximum absolute atomic E-state index is 13.0. The van der Waals surface area contributed by atoms with Crippen molar-refractivity contribution in [3.05, 3.63) is 30.3 Å². The van der Waals surface area contributed by atoms with E-state index in [9.17, 15) is 13.2 Å². The van der Waals surface area contributed by atoms with E-state index < -0.39 is 10.0 Å². The molecule has 0 saturated carbocycles. The molecule has 0 N–H and O–H groups in total. The van der Waals surface area contributed by atoms with Gasteiger partial charge in [-0.3, -0.25) is 9.69 Å². The first-order chi connectivity index (χ1) is 14.0. The quantitative estimate of drug-likeness (QED) is 0.636. The Morgan fingerprint density at radius 2 is 1.83 bits per heavy atom. The fourth-order valence-electron chi connectivity index (χ4n) is 4.04. The zero-order valence-electron chi connectivity index (χ0n) is 17.3. The number of carbonyl (C=O) groups is 1. The number of carbonyl (C=O) groups excluding carboxylic acids is 1. The van der Waals surface area contributed by atoms with Gasteiger partial charge in [0.15, 0.2) is 0 Å². The minimum atomic E-state index is -3.23. The normalized spacial score (nSPS) is 21.8. The number of para-hydroxylation sites is 1. The SMILES string of the molecule is CCCS(=O)(=O)N1CCCC(C(=O)N2CCN(CCOc3ccccc3)CC2)C1. The van der Waals surface area contributed by atoms with Crippen LogP contribution >= 0.6 is 0 Å². The van der Waals surface area contributed by atoms with Gasteiger partial charge in [0.05, 0.1) is 11.7 Å². The van der Waals surface area contributed by atoms with Crippen LogP contribution in [0.25, 0.3) is 0 Å². The first-order valence-electron chi connectivity index (χ1n) is 10.7. The number of amides is 1. The Morgan fingerprint density at radius 1 is 1.10 bits per heavy atom. The van der Waals surface area contributed by atoms with Crippen LogP contribution in [0.4, 0.5) is 0 Å². The lowest BCUT2D eigenvalue weighted by Gasteiger charge is -2.38. The van der Waals surface area contributed by atoms with Gasteiger partial charge in [0.25, 0.3) is 0 Å². The van der Waals surface area contributed by atoms with Crippen LogP contribution in [0.3, 0.4) is 0 Å². The summed E-state index contributed by atoms with van der Waals surface area (Å²) < 4.78 is 32.0. The molecule has 1 aromatic carbocycles. The Labute approximate surface area is 174 Å². The van der Waals surface area contributed by atoms with E-state index >= 15 is 0 Å². The average molecular weight is 424 g/mol. The Morgan fingerprint density at radius 3 is 2.52 bits per heavy atom. The second kappa shape index (κ2) is 10.4. The number of piperazine rings is 1. The molecule has 7 nitrogen and oxygen atoms in total. The standard InChI is InChI=1S/C21H33N3O4S/c1-2-17-29(26,27)24-10-6-7-19(18-24)21(25)23-13-11-22(12-14-23)15-16-28-20-8-4-3-5-9-20/h3-5,8-9,19H,2,6-7,10-18H2,1H3. The number of rotatable bonds is 8. The van der Waals surface area contributed by atoms with E-state index in [2.05, 4.69) is 4.90 Å². The minimum Gasteiger partial charge on any atom is -0.492 e. The summed E-state index contributed by atoms with van der Waals surface area (Å²) in [6.07, 6.45) is 2.14. The second-order valence-corrected chi connectivity index (χ2v) is 9.93. The highest BCUT2D eigenvalue weighted by Crippen LogP contribution is 2.22. The lowest BCUT2D eigenvalue weighted by molar-refractivity contribution is -0.138. The second-order valence-electron chi connectivity index (χ2n) is 7.84. The van der Waals surface area contributed by atoms with Crippen molar-refractivity contribution in [3.63, 3.8) is 0 Å². The van der Waals surface area contributed by atoms with Crippen LogP contribution in [0, 0.1) is 5.92 Å².